The van der Waals surface area contributed by atoms with Gasteiger partial charge in [-0.3, -0.25) is 4.79 Å². The molecule has 1 amide bonds. The maximum Gasteiger partial charge on any atom is 0.251 e. The van der Waals surface area contributed by atoms with E-state index in [1.807, 2.05) is 32.0 Å². The van der Waals surface area contributed by atoms with Crippen LogP contribution in [0.2, 0.25) is 0 Å². The lowest BCUT2D eigenvalue weighted by Gasteiger charge is -2.13. The topological polar surface area (TPSA) is 95.0 Å². The van der Waals surface area contributed by atoms with Gasteiger partial charge in [0.15, 0.2) is 5.96 Å². The summed E-state index contributed by atoms with van der Waals surface area (Å²) in [7, 11) is 1.66. The third-order valence-corrected chi connectivity index (χ3v) is 4.23. The van der Waals surface area contributed by atoms with E-state index < -0.39 is 0 Å². The Balaban J connectivity index is 0.00000450. The van der Waals surface area contributed by atoms with Crippen LogP contribution in [0.1, 0.15) is 34.8 Å². The van der Waals surface area contributed by atoms with Gasteiger partial charge in [-0.1, -0.05) is 18.2 Å². The van der Waals surface area contributed by atoms with E-state index in [1.54, 1.807) is 19.2 Å². The fourth-order valence-corrected chi connectivity index (χ4v) is 2.73. The standard InChI is InChI=1S/C22H30N4O3.HI/c1-4-23-22(26-15-18-10-9-16(2)13-20(18)29-3)25-12-6-11-24-21(28)17-7-5-8-19(27)14-17;/h5,7-10,13-14,27H,4,6,11-12,15H2,1-3H3,(H,24,28)(H2,23,25,26);1H. The molecule has 0 aliphatic heterocycles. The maximum atomic E-state index is 12.0. The predicted molar refractivity (Wildman–Crippen MR) is 131 cm³/mol. The molecule has 4 N–H and O–H groups in total. The van der Waals surface area contributed by atoms with Gasteiger partial charge in [-0.25, -0.2) is 4.99 Å². The van der Waals surface area contributed by atoms with Crippen molar-refractivity contribution in [1.82, 2.24) is 16.0 Å². The van der Waals surface area contributed by atoms with Gasteiger partial charge in [0.2, 0.25) is 0 Å². The molecule has 0 heterocycles. The van der Waals surface area contributed by atoms with Crippen LogP contribution in [0.25, 0.3) is 0 Å². The normalized spacial score (nSPS) is 10.7. The van der Waals surface area contributed by atoms with Crippen LogP contribution in [0, 0.1) is 6.92 Å². The van der Waals surface area contributed by atoms with Crippen molar-refractivity contribution >= 4 is 35.8 Å². The molecule has 2 aromatic rings. The smallest absolute Gasteiger partial charge is 0.251 e. The van der Waals surface area contributed by atoms with Gasteiger partial charge in [-0.05, 0) is 50.1 Å². The highest BCUT2D eigenvalue weighted by Gasteiger charge is 2.06. The van der Waals surface area contributed by atoms with Crippen LogP contribution in [0.3, 0.4) is 0 Å². The summed E-state index contributed by atoms with van der Waals surface area (Å²) in [5.74, 6) is 1.43. The van der Waals surface area contributed by atoms with Gasteiger partial charge >= 0.3 is 0 Å². The molecule has 0 fully saturated rings. The summed E-state index contributed by atoms with van der Waals surface area (Å²) in [5.41, 5.74) is 2.61. The first-order valence-electron chi connectivity index (χ1n) is 9.76. The summed E-state index contributed by atoms with van der Waals surface area (Å²) in [5, 5.41) is 18.8. The predicted octanol–water partition coefficient (Wildman–Crippen LogP) is 3.20. The number of aliphatic imine (C=N–C) groups is 1. The van der Waals surface area contributed by atoms with Crippen molar-refractivity contribution in [2.24, 2.45) is 4.99 Å². The third kappa shape index (κ3) is 8.48. The number of carbonyl (C=O) groups is 1. The van der Waals surface area contributed by atoms with Crippen LogP contribution in [0.15, 0.2) is 47.5 Å². The number of rotatable bonds is 9. The molecule has 2 aromatic carbocycles. The monoisotopic (exact) mass is 526 g/mol. The van der Waals surface area contributed by atoms with Crippen molar-refractivity contribution in [1.29, 1.82) is 0 Å². The molecular formula is C22H31IN4O3. The number of hydrogen-bond donors (Lipinski definition) is 4. The third-order valence-electron chi connectivity index (χ3n) is 4.23. The van der Waals surface area contributed by atoms with E-state index in [1.165, 1.54) is 12.1 Å². The summed E-state index contributed by atoms with van der Waals surface area (Å²) < 4.78 is 5.43. The van der Waals surface area contributed by atoms with E-state index in [4.69, 9.17) is 4.74 Å². The zero-order chi connectivity index (χ0) is 21.1. The molecule has 0 radical (unpaired) electrons. The fourth-order valence-electron chi connectivity index (χ4n) is 2.73. The van der Waals surface area contributed by atoms with Gasteiger partial charge in [-0.2, -0.15) is 0 Å². The summed E-state index contributed by atoms with van der Waals surface area (Å²) in [4.78, 5) is 16.7. The quantitative estimate of drug-likeness (QED) is 0.174. The summed E-state index contributed by atoms with van der Waals surface area (Å²) in [6, 6.07) is 12.4. The highest BCUT2D eigenvalue weighted by molar-refractivity contribution is 14.0. The lowest BCUT2D eigenvalue weighted by Crippen LogP contribution is -2.38. The second-order valence-corrected chi connectivity index (χ2v) is 6.60. The number of ether oxygens (including phenoxy) is 1. The van der Waals surface area contributed by atoms with Crippen LogP contribution in [-0.4, -0.2) is 43.7 Å². The molecule has 0 bridgehead atoms. The molecule has 0 aliphatic rings. The van der Waals surface area contributed by atoms with E-state index in [-0.39, 0.29) is 35.6 Å². The molecule has 0 spiro atoms. The average Bonchev–Trinajstić information content (AvgIpc) is 2.72. The Morgan fingerprint density at radius 2 is 1.87 bits per heavy atom. The van der Waals surface area contributed by atoms with E-state index in [0.717, 1.165) is 35.8 Å². The molecule has 7 nitrogen and oxygen atoms in total. The number of hydrogen-bond acceptors (Lipinski definition) is 4. The van der Waals surface area contributed by atoms with Crippen LogP contribution in [0.5, 0.6) is 11.5 Å². The van der Waals surface area contributed by atoms with Gasteiger partial charge < -0.3 is 25.8 Å². The number of phenols is 1. The highest BCUT2D eigenvalue weighted by atomic mass is 127. The lowest BCUT2D eigenvalue weighted by atomic mass is 10.1. The maximum absolute atomic E-state index is 12.0. The van der Waals surface area contributed by atoms with Crippen molar-refractivity contribution in [3.63, 3.8) is 0 Å². The Morgan fingerprint density at radius 1 is 1.10 bits per heavy atom. The van der Waals surface area contributed by atoms with Crippen molar-refractivity contribution in [2.45, 2.75) is 26.8 Å². The number of nitrogens with one attached hydrogen (secondary N) is 3. The minimum atomic E-state index is -0.201. The zero-order valence-electron chi connectivity index (χ0n) is 17.7. The van der Waals surface area contributed by atoms with Crippen LogP contribution >= 0.6 is 24.0 Å². The van der Waals surface area contributed by atoms with E-state index in [9.17, 15) is 9.90 Å². The van der Waals surface area contributed by atoms with Crippen LogP contribution in [0.4, 0.5) is 0 Å². The fraction of sp³-hybridized carbons (Fsp3) is 0.364. The van der Waals surface area contributed by atoms with Crippen LogP contribution < -0.4 is 20.7 Å². The highest BCUT2D eigenvalue weighted by Crippen LogP contribution is 2.20. The number of methoxy groups -OCH3 is 1. The Morgan fingerprint density at radius 3 is 2.57 bits per heavy atom. The molecule has 0 saturated carbocycles. The molecular weight excluding hydrogens is 495 g/mol. The Kier molecular flexibility index (Phi) is 11.7. The molecule has 8 heteroatoms. The van der Waals surface area contributed by atoms with Gasteiger partial charge in [0.1, 0.15) is 11.5 Å². The summed E-state index contributed by atoms with van der Waals surface area (Å²) in [6.45, 7) is 6.49. The van der Waals surface area contributed by atoms with Gasteiger partial charge in [0.05, 0.1) is 13.7 Å². The van der Waals surface area contributed by atoms with Crippen molar-refractivity contribution in [3.8, 4) is 11.5 Å². The number of benzene rings is 2. The molecule has 164 valence electrons. The number of nitrogens with zero attached hydrogens (tertiary/aromatic N) is 1. The Hall–Kier alpha value is -2.49. The molecule has 0 saturated heterocycles. The summed E-state index contributed by atoms with van der Waals surface area (Å²) >= 11 is 0. The minimum absolute atomic E-state index is 0. The largest absolute Gasteiger partial charge is 0.508 e. The number of halogens is 1. The number of phenolic OH excluding ortho intramolecular Hbond substituents is 1. The number of guanidine groups is 1. The first-order valence-corrected chi connectivity index (χ1v) is 9.76. The number of aromatic hydroxyl groups is 1. The minimum Gasteiger partial charge on any atom is -0.508 e. The molecule has 0 aliphatic carbocycles. The van der Waals surface area contributed by atoms with Crippen molar-refractivity contribution in [2.75, 3.05) is 26.7 Å². The first-order chi connectivity index (χ1) is 14.0. The van der Waals surface area contributed by atoms with Crippen molar-refractivity contribution < 1.29 is 14.6 Å². The molecule has 0 atom stereocenters. The Bertz CT molecular complexity index is 843. The van der Waals surface area contributed by atoms with Gasteiger partial charge in [0.25, 0.3) is 5.91 Å². The number of carbonyl (C=O) groups excluding carboxylic acids is 1. The van der Waals surface area contributed by atoms with Crippen molar-refractivity contribution in [3.05, 3.63) is 59.2 Å². The molecule has 30 heavy (non-hydrogen) atoms. The SMILES string of the molecule is CCNC(=NCc1ccc(C)cc1OC)NCCCNC(=O)c1cccc(O)c1.I. The first kappa shape index (κ1) is 25.5. The van der Waals surface area contributed by atoms with Crippen LogP contribution in [-0.2, 0) is 6.54 Å². The summed E-state index contributed by atoms with van der Waals surface area (Å²) in [6.07, 6.45) is 0.739. The second kappa shape index (κ2) is 13.7. The number of amides is 1. The molecule has 2 rings (SSSR count). The second-order valence-electron chi connectivity index (χ2n) is 6.60. The zero-order valence-corrected chi connectivity index (χ0v) is 20.0. The number of aryl methyl sites for hydroxylation is 1. The molecule has 0 unspecified atom stereocenters. The Labute approximate surface area is 195 Å². The lowest BCUT2D eigenvalue weighted by molar-refractivity contribution is 0.0953. The van der Waals surface area contributed by atoms with E-state index >= 15 is 0 Å². The van der Waals surface area contributed by atoms with Gasteiger partial charge in [-0.15, -0.1) is 24.0 Å². The van der Waals surface area contributed by atoms with E-state index in [0.29, 0.717) is 25.2 Å². The van der Waals surface area contributed by atoms with E-state index in [2.05, 4.69) is 20.9 Å². The van der Waals surface area contributed by atoms with Gasteiger partial charge in [0, 0.05) is 30.8 Å². The average molecular weight is 526 g/mol. The molecule has 0 aromatic heterocycles.